The zero-order valence-electron chi connectivity index (χ0n) is 4.19. The molecule has 0 N–H and O–H groups in total. The highest BCUT2D eigenvalue weighted by atomic mass is 35.5. The van der Waals surface area contributed by atoms with Gasteiger partial charge in [-0.3, -0.25) is 0 Å². The molecule has 42 valence electrons. The van der Waals surface area contributed by atoms with Crippen LogP contribution in [0, 0.1) is 0 Å². The van der Waals surface area contributed by atoms with E-state index in [1.54, 1.807) is 0 Å². The molecule has 0 amide bonds. The van der Waals surface area contributed by atoms with Crippen LogP contribution in [0.3, 0.4) is 0 Å². The number of halogens is 1. The Kier molecular flexibility index (Phi) is 1.81. The molecule has 0 aliphatic carbocycles. The van der Waals surface area contributed by atoms with Gasteiger partial charge in [0.25, 0.3) is 0 Å². The van der Waals surface area contributed by atoms with Crippen LogP contribution >= 0.6 is 11.6 Å². The molecule has 0 radical (unpaired) electrons. The Morgan fingerprint density at radius 3 is 2.00 bits per heavy atom. The monoisotopic (exact) mass is 145 g/mol. The Morgan fingerprint density at radius 2 is 1.62 bits per heavy atom. The van der Waals surface area contributed by atoms with Crippen LogP contribution in [0.15, 0.2) is 29.2 Å². The molecule has 2 heteroatoms. The van der Waals surface area contributed by atoms with Gasteiger partial charge >= 0.3 is 0 Å². The molecule has 1 aromatic rings. The van der Waals surface area contributed by atoms with E-state index in [0.29, 0.717) is 0 Å². The summed E-state index contributed by atoms with van der Waals surface area (Å²) < 4.78 is 0. The van der Waals surface area contributed by atoms with Crippen molar-refractivity contribution < 1.29 is 0 Å². The summed E-state index contributed by atoms with van der Waals surface area (Å²) in [4.78, 5) is 1.05. The second kappa shape index (κ2) is 2.42. The fourth-order valence-electron chi connectivity index (χ4n) is 0.450. The molecule has 0 fully saturated rings. The number of rotatable bonds is 0. The van der Waals surface area contributed by atoms with E-state index >= 15 is 0 Å². The Labute approximate surface area is 58.9 Å². The lowest BCUT2D eigenvalue weighted by molar-refractivity contribution is 1.48. The Balaban J connectivity index is 3.03. The smallest absolute Gasteiger partial charge is 0.0843 e. The van der Waals surface area contributed by atoms with Gasteiger partial charge in [-0.15, -0.1) is 0 Å². The van der Waals surface area contributed by atoms with Gasteiger partial charge in [-0.1, -0.05) is 11.6 Å². The van der Waals surface area contributed by atoms with E-state index in [1.807, 2.05) is 24.3 Å². The van der Waals surface area contributed by atoms with Crippen molar-refractivity contribution in [2.24, 2.45) is 0 Å². The predicted molar refractivity (Wildman–Crippen MR) is 39.9 cm³/mol. The molecule has 0 saturated carbocycles. The van der Waals surface area contributed by atoms with Crippen molar-refractivity contribution in [2.75, 3.05) is 0 Å². The van der Waals surface area contributed by atoms with Gasteiger partial charge < -0.3 is 0 Å². The summed E-state index contributed by atoms with van der Waals surface area (Å²) in [6, 6.07) is 7.48. The lowest BCUT2D eigenvalue weighted by Gasteiger charge is -1.82. The summed E-state index contributed by atoms with van der Waals surface area (Å²) in [6.07, 6.45) is 0. The lowest BCUT2D eigenvalue weighted by atomic mass is 10.4. The van der Waals surface area contributed by atoms with Gasteiger partial charge in [0.1, 0.15) is 4.90 Å². The van der Waals surface area contributed by atoms with E-state index in [0.717, 1.165) is 9.92 Å². The summed E-state index contributed by atoms with van der Waals surface area (Å²) in [6.45, 7) is 0. The third-order valence-corrected chi connectivity index (χ3v) is 1.43. The van der Waals surface area contributed by atoms with Crippen molar-refractivity contribution in [2.45, 2.75) is 4.90 Å². The van der Waals surface area contributed by atoms with Gasteiger partial charge in [-0.2, -0.15) is 0 Å². The average molecular weight is 146 g/mol. The van der Waals surface area contributed by atoms with Crippen molar-refractivity contribution in [3.05, 3.63) is 29.3 Å². The maximum Gasteiger partial charge on any atom is 0.150 e. The third kappa shape index (κ3) is 1.42. The van der Waals surface area contributed by atoms with Crippen LogP contribution in [-0.2, 0) is 12.6 Å². The fraction of sp³-hybridized carbons (Fsp3) is 0. The maximum absolute atomic E-state index is 5.59. The van der Waals surface area contributed by atoms with E-state index < -0.39 is 0 Å². The molecule has 8 heavy (non-hydrogen) atoms. The first-order valence-electron chi connectivity index (χ1n) is 2.26. The van der Waals surface area contributed by atoms with Crippen LogP contribution in [0.5, 0.6) is 0 Å². The van der Waals surface area contributed by atoms with Crippen LogP contribution < -0.4 is 0 Å². The lowest BCUT2D eigenvalue weighted by Crippen LogP contribution is -1.65. The van der Waals surface area contributed by atoms with Crippen LogP contribution in [0.25, 0.3) is 0 Å². The largest absolute Gasteiger partial charge is 0.150 e. The molecule has 0 aliphatic rings. The van der Waals surface area contributed by atoms with Crippen molar-refractivity contribution >= 4 is 24.2 Å². The molecule has 0 heterocycles. The molecule has 1 aromatic carbocycles. The van der Waals surface area contributed by atoms with Gasteiger partial charge in [0.2, 0.25) is 0 Å². The Bertz CT molecular complexity index is 147. The van der Waals surface area contributed by atoms with E-state index in [4.69, 9.17) is 11.6 Å². The first-order valence-corrected chi connectivity index (χ1v) is 3.14. The van der Waals surface area contributed by atoms with Gasteiger partial charge in [0.05, 0.1) is 0 Å². The van der Waals surface area contributed by atoms with E-state index in [-0.39, 0.29) is 0 Å². The van der Waals surface area contributed by atoms with Crippen LogP contribution in [0.2, 0.25) is 5.02 Å². The summed E-state index contributed by atoms with van der Waals surface area (Å²) >= 11 is 8.92. The minimum atomic E-state index is 0.770. The van der Waals surface area contributed by atoms with E-state index in [2.05, 4.69) is 12.6 Å². The summed E-state index contributed by atoms with van der Waals surface area (Å²) in [5.74, 6) is 0. The molecule has 0 nitrogen and oxygen atoms in total. The minimum Gasteiger partial charge on any atom is -0.0843 e. The normalized spacial score (nSPS) is 9.25. The molecule has 0 atom stereocenters. The zero-order valence-corrected chi connectivity index (χ0v) is 5.94. The van der Waals surface area contributed by atoms with Crippen LogP contribution in [0.1, 0.15) is 0 Å². The SMILES string of the molecule is [SH2+]c1ccc(Cl)cc1. The van der Waals surface area contributed by atoms with Gasteiger partial charge in [-0.25, -0.2) is 0 Å². The number of hydrogen-bond donors (Lipinski definition) is 0. The number of benzene rings is 1. The minimum absolute atomic E-state index is 0.770. The van der Waals surface area contributed by atoms with Crippen molar-refractivity contribution in [1.82, 2.24) is 0 Å². The molecule has 0 aromatic heterocycles. The molecular formula is C6H6ClS+. The fourth-order valence-corrected chi connectivity index (χ4v) is 0.743. The molecule has 1 rings (SSSR count). The zero-order chi connectivity index (χ0) is 5.98. The van der Waals surface area contributed by atoms with Gasteiger partial charge in [-0.05, 0) is 36.9 Å². The summed E-state index contributed by atoms with van der Waals surface area (Å²) in [5, 5.41) is 0.770. The topological polar surface area (TPSA) is 0 Å². The van der Waals surface area contributed by atoms with Gasteiger partial charge in [0, 0.05) is 5.02 Å². The first-order chi connectivity index (χ1) is 3.79. The summed E-state index contributed by atoms with van der Waals surface area (Å²) in [7, 11) is 0. The highest BCUT2D eigenvalue weighted by molar-refractivity contribution is 7.58. The second-order valence-electron chi connectivity index (χ2n) is 1.51. The molecule has 0 aliphatic heterocycles. The third-order valence-electron chi connectivity index (χ3n) is 0.844. The summed E-state index contributed by atoms with van der Waals surface area (Å²) in [5.41, 5.74) is 0. The molecule has 0 unspecified atom stereocenters. The molecular weight excluding hydrogens is 140 g/mol. The predicted octanol–water partition coefficient (Wildman–Crippen LogP) is 1.71. The van der Waals surface area contributed by atoms with Crippen LogP contribution in [-0.4, -0.2) is 0 Å². The second-order valence-corrected chi connectivity index (χ2v) is 2.52. The van der Waals surface area contributed by atoms with E-state index in [9.17, 15) is 0 Å². The van der Waals surface area contributed by atoms with Gasteiger partial charge in [0.15, 0.2) is 0 Å². The van der Waals surface area contributed by atoms with Crippen molar-refractivity contribution in [3.63, 3.8) is 0 Å². The molecule has 0 saturated heterocycles. The Morgan fingerprint density at radius 1 is 1.12 bits per heavy atom. The van der Waals surface area contributed by atoms with E-state index in [1.165, 1.54) is 0 Å². The molecule has 0 bridgehead atoms. The Hall–Kier alpha value is -0.140. The van der Waals surface area contributed by atoms with Crippen molar-refractivity contribution in [3.8, 4) is 0 Å². The van der Waals surface area contributed by atoms with Crippen molar-refractivity contribution in [1.29, 1.82) is 0 Å². The highest BCUT2D eigenvalue weighted by Gasteiger charge is 1.87. The van der Waals surface area contributed by atoms with Crippen LogP contribution in [0.4, 0.5) is 0 Å². The standard InChI is InChI=1S/C6H5ClS/c7-5-1-3-6(8)4-2-5/h1-4,8H/p+1. The molecule has 0 spiro atoms. The average Bonchev–Trinajstić information content (AvgIpc) is 1.77. The quantitative estimate of drug-likeness (QED) is 0.488. The first kappa shape index (κ1) is 5.99. The maximum atomic E-state index is 5.59. The highest BCUT2D eigenvalue weighted by Crippen LogP contribution is 2.07. The number of hydrogen-bond acceptors (Lipinski definition) is 0.